The summed E-state index contributed by atoms with van der Waals surface area (Å²) < 4.78 is 2.39. The van der Waals surface area contributed by atoms with Crippen molar-refractivity contribution in [3.05, 3.63) is 47.3 Å². The lowest BCUT2D eigenvalue weighted by Crippen LogP contribution is -2.44. The number of hydrogen-bond donors (Lipinski definition) is 1. The Kier molecular flexibility index (Phi) is 5.95. The maximum absolute atomic E-state index is 13.0. The van der Waals surface area contributed by atoms with Crippen molar-refractivity contribution in [2.75, 3.05) is 43.4 Å². The van der Waals surface area contributed by atoms with E-state index in [1.54, 1.807) is 0 Å². The molecule has 1 saturated heterocycles. The second-order valence-electron chi connectivity index (χ2n) is 8.74. The summed E-state index contributed by atoms with van der Waals surface area (Å²) in [5.74, 6) is -0.00694. The molecule has 2 aromatic rings. The Labute approximate surface area is 174 Å². The summed E-state index contributed by atoms with van der Waals surface area (Å²) in [6.07, 6.45) is 6.38. The number of benzene rings is 1. The fraction of sp³-hybridized carbons (Fsp3) is 0.542. The maximum atomic E-state index is 13.0. The molecule has 0 atom stereocenters. The molecule has 2 heterocycles. The molecule has 1 aromatic carbocycles. The predicted octanol–water partition coefficient (Wildman–Crippen LogP) is 4.61. The molecule has 29 heavy (non-hydrogen) atoms. The summed E-state index contributed by atoms with van der Waals surface area (Å²) in [6, 6.07) is 10.9. The van der Waals surface area contributed by atoms with Crippen molar-refractivity contribution in [1.29, 1.82) is 0 Å². The van der Waals surface area contributed by atoms with Crippen molar-refractivity contribution in [3.8, 4) is 0 Å². The van der Waals surface area contributed by atoms with Crippen LogP contribution in [0.1, 0.15) is 59.9 Å². The fourth-order valence-corrected chi connectivity index (χ4v) is 4.93. The van der Waals surface area contributed by atoms with Crippen LogP contribution in [0.5, 0.6) is 0 Å². The average molecular weight is 395 g/mol. The summed E-state index contributed by atoms with van der Waals surface area (Å²) in [4.78, 5) is 17.7. The van der Waals surface area contributed by atoms with Gasteiger partial charge in [0, 0.05) is 55.0 Å². The van der Waals surface area contributed by atoms with Gasteiger partial charge in [0.25, 0.3) is 5.91 Å². The third-order valence-corrected chi connectivity index (χ3v) is 6.66. The number of rotatable bonds is 4. The first-order valence-electron chi connectivity index (χ1n) is 11.1. The number of carbonyl (C=O) groups is 1. The van der Waals surface area contributed by atoms with Crippen molar-refractivity contribution in [2.24, 2.45) is 0 Å². The zero-order valence-corrected chi connectivity index (χ0v) is 18.1. The molecule has 156 valence electrons. The Hall–Kier alpha value is -2.27. The molecule has 1 saturated carbocycles. The molecule has 0 spiro atoms. The van der Waals surface area contributed by atoms with Crippen LogP contribution in [0.4, 0.5) is 11.4 Å². The van der Waals surface area contributed by atoms with E-state index in [0.717, 1.165) is 43.1 Å². The number of hydrogen-bond acceptors (Lipinski definition) is 3. The lowest BCUT2D eigenvalue weighted by atomic mass is 9.95. The molecule has 0 radical (unpaired) electrons. The Morgan fingerprint density at radius 1 is 0.966 bits per heavy atom. The Bertz CT molecular complexity index is 841. The second-order valence-corrected chi connectivity index (χ2v) is 8.74. The van der Waals surface area contributed by atoms with E-state index in [-0.39, 0.29) is 5.91 Å². The quantitative estimate of drug-likeness (QED) is 0.823. The van der Waals surface area contributed by atoms with E-state index in [9.17, 15) is 4.79 Å². The number of nitrogens with one attached hydrogen (secondary N) is 1. The molecule has 1 aromatic heterocycles. The van der Waals surface area contributed by atoms with Crippen LogP contribution < -0.4 is 10.2 Å². The summed E-state index contributed by atoms with van der Waals surface area (Å²) in [5, 5.41) is 3.10. The van der Waals surface area contributed by atoms with Crippen LogP contribution in [0, 0.1) is 13.8 Å². The number of nitrogens with zero attached hydrogens (tertiary/aromatic N) is 3. The van der Waals surface area contributed by atoms with Gasteiger partial charge in [-0.2, -0.15) is 0 Å². The first-order valence-corrected chi connectivity index (χ1v) is 11.1. The van der Waals surface area contributed by atoms with E-state index in [4.69, 9.17) is 0 Å². The zero-order valence-electron chi connectivity index (χ0n) is 18.1. The van der Waals surface area contributed by atoms with Crippen molar-refractivity contribution < 1.29 is 4.79 Å². The van der Waals surface area contributed by atoms with Crippen LogP contribution in [0.2, 0.25) is 0 Å². The van der Waals surface area contributed by atoms with Crippen molar-refractivity contribution in [3.63, 3.8) is 0 Å². The van der Waals surface area contributed by atoms with Crippen molar-refractivity contribution in [2.45, 2.75) is 52.0 Å². The number of aromatic nitrogens is 1. The minimum atomic E-state index is -0.00694. The molecule has 1 aliphatic heterocycles. The largest absolute Gasteiger partial charge is 0.369 e. The smallest absolute Gasteiger partial charge is 0.257 e. The van der Waals surface area contributed by atoms with Crippen LogP contribution in [0.25, 0.3) is 0 Å². The lowest BCUT2D eigenvalue weighted by molar-refractivity contribution is 0.102. The summed E-state index contributed by atoms with van der Waals surface area (Å²) in [5.41, 5.74) is 5.18. The van der Waals surface area contributed by atoms with Gasteiger partial charge in [0.15, 0.2) is 0 Å². The zero-order chi connectivity index (χ0) is 20.4. The standard InChI is InChI=1S/C24H34N4O/c1-18-17-23(19(2)28(18)22-7-5-4-6-8-22)24(29)25-20-9-11-21(12-10-20)27-15-13-26(3)14-16-27/h9-12,17,22H,4-8,13-16H2,1-3H3,(H,25,29). The third kappa shape index (κ3) is 4.35. The molecule has 2 fully saturated rings. The van der Waals surface area contributed by atoms with E-state index in [0.29, 0.717) is 6.04 Å². The molecule has 0 bridgehead atoms. The predicted molar refractivity (Wildman–Crippen MR) is 120 cm³/mol. The van der Waals surface area contributed by atoms with Crippen molar-refractivity contribution >= 4 is 17.3 Å². The molecular formula is C24H34N4O. The average Bonchev–Trinajstić information content (AvgIpc) is 3.04. The van der Waals surface area contributed by atoms with Crippen LogP contribution >= 0.6 is 0 Å². The highest BCUT2D eigenvalue weighted by Gasteiger charge is 2.22. The number of amides is 1. The van der Waals surface area contributed by atoms with Gasteiger partial charge in [0.2, 0.25) is 0 Å². The molecule has 5 heteroatoms. The minimum Gasteiger partial charge on any atom is -0.369 e. The van der Waals surface area contributed by atoms with Gasteiger partial charge in [-0.15, -0.1) is 0 Å². The van der Waals surface area contributed by atoms with Gasteiger partial charge in [-0.05, 0) is 64.1 Å². The van der Waals surface area contributed by atoms with E-state index >= 15 is 0 Å². The normalized spacial score (nSPS) is 18.8. The number of anilines is 2. The summed E-state index contributed by atoms with van der Waals surface area (Å²) in [6.45, 7) is 8.51. The summed E-state index contributed by atoms with van der Waals surface area (Å²) in [7, 11) is 2.17. The van der Waals surface area contributed by atoms with E-state index in [1.165, 1.54) is 43.5 Å². The molecule has 5 nitrogen and oxygen atoms in total. The highest BCUT2D eigenvalue weighted by atomic mass is 16.1. The van der Waals surface area contributed by atoms with Gasteiger partial charge in [-0.25, -0.2) is 0 Å². The molecule has 4 rings (SSSR count). The van der Waals surface area contributed by atoms with Gasteiger partial charge >= 0.3 is 0 Å². The van der Waals surface area contributed by atoms with Crippen LogP contribution in [-0.4, -0.2) is 48.6 Å². The fourth-order valence-electron chi connectivity index (χ4n) is 4.93. The third-order valence-electron chi connectivity index (χ3n) is 6.66. The number of likely N-dealkylation sites (N-methyl/N-ethyl adjacent to an activating group) is 1. The van der Waals surface area contributed by atoms with Gasteiger partial charge in [0.05, 0.1) is 5.56 Å². The topological polar surface area (TPSA) is 40.5 Å². The van der Waals surface area contributed by atoms with Gasteiger partial charge in [-0.1, -0.05) is 19.3 Å². The maximum Gasteiger partial charge on any atom is 0.257 e. The van der Waals surface area contributed by atoms with E-state index in [2.05, 4.69) is 58.8 Å². The van der Waals surface area contributed by atoms with Crippen molar-refractivity contribution in [1.82, 2.24) is 9.47 Å². The molecular weight excluding hydrogens is 360 g/mol. The van der Waals surface area contributed by atoms with E-state index < -0.39 is 0 Å². The second kappa shape index (κ2) is 8.62. The van der Waals surface area contributed by atoms with Crippen LogP contribution in [0.15, 0.2) is 30.3 Å². The van der Waals surface area contributed by atoms with Crippen LogP contribution in [0.3, 0.4) is 0 Å². The monoisotopic (exact) mass is 394 g/mol. The Morgan fingerprint density at radius 3 is 2.28 bits per heavy atom. The minimum absolute atomic E-state index is 0.00694. The summed E-state index contributed by atoms with van der Waals surface area (Å²) >= 11 is 0. The molecule has 0 unspecified atom stereocenters. The number of piperazine rings is 1. The highest BCUT2D eigenvalue weighted by molar-refractivity contribution is 6.05. The van der Waals surface area contributed by atoms with E-state index in [1.807, 2.05) is 12.1 Å². The molecule has 2 aliphatic rings. The Morgan fingerprint density at radius 2 is 1.62 bits per heavy atom. The van der Waals surface area contributed by atoms with Gasteiger partial charge in [0.1, 0.15) is 0 Å². The first-order chi connectivity index (χ1) is 14.0. The SMILES string of the molecule is Cc1cc(C(=O)Nc2ccc(N3CCN(C)CC3)cc2)c(C)n1C1CCCCC1. The van der Waals surface area contributed by atoms with Crippen LogP contribution in [-0.2, 0) is 0 Å². The lowest BCUT2D eigenvalue weighted by Gasteiger charge is -2.34. The number of aryl methyl sites for hydroxylation is 1. The first kappa shape index (κ1) is 20.0. The highest BCUT2D eigenvalue weighted by Crippen LogP contribution is 2.32. The van der Waals surface area contributed by atoms with Gasteiger partial charge < -0.3 is 19.7 Å². The molecule has 1 amide bonds. The number of carbonyl (C=O) groups excluding carboxylic acids is 1. The van der Waals surface area contributed by atoms with Gasteiger partial charge in [-0.3, -0.25) is 4.79 Å². The molecule has 1 N–H and O–H groups in total. The Balaban J connectivity index is 1.44. The molecule has 1 aliphatic carbocycles.